The molecule has 3 aliphatic heterocycles. The second-order valence-corrected chi connectivity index (χ2v) is 14.9. The first kappa shape index (κ1) is 32.9. The maximum Gasteiger partial charge on any atom is 0.262 e. The molecule has 4 fully saturated rings. The summed E-state index contributed by atoms with van der Waals surface area (Å²) in [5.74, 6) is -0.861. The summed E-state index contributed by atoms with van der Waals surface area (Å²) >= 11 is 0. The summed E-state index contributed by atoms with van der Waals surface area (Å²) in [4.78, 5) is 63.4. The molecule has 2 aromatic heterocycles. The number of imide groups is 2. The molecule has 2 saturated heterocycles. The first-order valence-electron chi connectivity index (χ1n) is 18.6. The van der Waals surface area contributed by atoms with Gasteiger partial charge in [-0.2, -0.15) is 5.10 Å². The maximum atomic E-state index is 13.2. The normalized spacial score (nSPS) is 23.5. The molecule has 2 aromatic carbocycles. The fourth-order valence-electron chi connectivity index (χ4n) is 8.11. The van der Waals surface area contributed by atoms with Crippen LogP contribution in [-0.2, 0) is 20.9 Å². The van der Waals surface area contributed by atoms with Crippen molar-refractivity contribution >= 4 is 40.3 Å². The lowest BCUT2D eigenvalue weighted by molar-refractivity contribution is -0.136. The number of amides is 4. The van der Waals surface area contributed by atoms with E-state index in [1.807, 2.05) is 6.20 Å². The first-order chi connectivity index (χ1) is 25.4. The second kappa shape index (κ2) is 13.5. The highest BCUT2D eigenvalue weighted by Gasteiger charge is 2.44. The van der Waals surface area contributed by atoms with Gasteiger partial charge in [-0.1, -0.05) is 6.07 Å². The number of piperidine rings is 1. The van der Waals surface area contributed by atoms with E-state index in [1.54, 1.807) is 18.2 Å². The second-order valence-electron chi connectivity index (χ2n) is 14.9. The van der Waals surface area contributed by atoms with E-state index in [0.717, 1.165) is 104 Å². The summed E-state index contributed by atoms with van der Waals surface area (Å²) in [5.41, 5.74) is 7.56. The molecule has 268 valence electrons. The van der Waals surface area contributed by atoms with E-state index in [2.05, 4.69) is 44.6 Å². The van der Waals surface area contributed by atoms with E-state index in [4.69, 9.17) is 19.8 Å². The molecule has 52 heavy (non-hydrogen) atoms. The number of carbonyl (C=O) groups is 4. The molecular formula is C39H42N8O5. The zero-order valence-electron chi connectivity index (χ0n) is 29.1. The number of aromatic nitrogens is 4. The van der Waals surface area contributed by atoms with Gasteiger partial charge in [-0.25, -0.2) is 4.98 Å². The number of hydrogen-bond acceptors (Lipinski definition) is 10. The number of carbonyl (C=O) groups excluding carboxylic acids is 4. The zero-order valence-corrected chi connectivity index (χ0v) is 29.1. The van der Waals surface area contributed by atoms with E-state index in [9.17, 15) is 19.2 Å². The number of nitrogens with one attached hydrogen (secondary N) is 2. The Balaban J connectivity index is 0.793. The minimum absolute atomic E-state index is 0.0978. The van der Waals surface area contributed by atoms with Crippen LogP contribution in [0.4, 0.5) is 5.69 Å². The van der Waals surface area contributed by atoms with Crippen LogP contribution in [0.15, 0.2) is 48.8 Å². The summed E-state index contributed by atoms with van der Waals surface area (Å²) < 4.78 is 7.69. The van der Waals surface area contributed by atoms with E-state index >= 15 is 0 Å². The molecule has 2 aliphatic carbocycles. The summed E-state index contributed by atoms with van der Waals surface area (Å²) in [6, 6.07) is 11.0. The van der Waals surface area contributed by atoms with Gasteiger partial charge in [-0.3, -0.25) is 44.0 Å². The van der Waals surface area contributed by atoms with Crippen LogP contribution >= 0.6 is 0 Å². The molecule has 2 saturated carbocycles. The monoisotopic (exact) mass is 702 g/mol. The topological polar surface area (TPSA) is 152 Å². The molecule has 1 atom stereocenters. The van der Waals surface area contributed by atoms with Crippen LogP contribution < -0.4 is 10.6 Å². The van der Waals surface area contributed by atoms with Gasteiger partial charge in [-0.15, -0.1) is 0 Å². The largest absolute Gasteiger partial charge is 0.385 e. The molecular weight excluding hydrogens is 660 g/mol. The van der Waals surface area contributed by atoms with Crippen molar-refractivity contribution in [2.75, 3.05) is 38.2 Å². The minimum atomic E-state index is -0.965. The van der Waals surface area contributed by atoms with Gasteiger partial charge in [0.1, 0.15) is 6.04 Å². The number of ether oxygens (including phenoxy) is 1. The molecule has 5 aliphatic rings. The van der Waals surface area contributed by atoms with Gasteiger partial charge in [0.05, 0.1) is 59.0 Å². The van der Waals surface area contributed by atoms with Crippen molar-refractivity contribution in [3.05, 3.63) is 71.2 Å². The van der Waals surface area contributed by atoms with Gasteiger partial charge in [-0.05, 0) is 86.8 Å². The quantitative estimate of drug-likeness (QED) is 0.170. The number of hydrogen-bond donors (Lipinski definition) is 2. The average molecular weight is 703 g/mol. The fourth-order valence-corrected chi connectivity index (χ4v) is 8.11. The molecule has 2 N–H and O–H groups in total. The van der Waals surface area contributed by atoms with Crippen molar-refractivity contribution in [3.8, 4) is 11.3 Å². The molecule has 0 bridgehead atoms. The SMILES string of the molecule is O=C1CCC(N2C(=O)c3ccc(NCCCC4CC(n5cc(-c6cnc7ccc(CN8CCOCC8)cc7n6)c(C6CC6)n5)C4)cc3C2=O)C(=O)N1. The number of nitrogens with zero attached hydrogens (tertiary/aromatic N) is 6. The molecule has 1 unspecified atom stereocenters. The Morgan fingerprint density at radius 3 is 2.54 bits per heavy atom. The van der Waals surface area contributed by atoms with Gasteiger partial charge < -0.3 is 10.1 Å². The summed E-state index contributed by atoms with van der Waals surface area (Å²) in [6.07, 6.45) is 10.9. The van der Waals surface area contributed by atoms with E-state index in [0.29, 0.717) is 17.9 Å². The fraction of sp³-hybridized carbons (Fsp3) is 0.462. The van der Waals surface area contributed by atoms with Gasteiger partial charge in [0.2, 0.25) is 11.8 Å². The third-order valence-corrected chi connectivity index (χ3v) is 11.3. The minimum Gasteiger partial charge on any atom is -0.385 e. The standard InChI is InChI=1S/C39H42N8O5/c48-35-10-9-34(37(49)43-35)47-38(50)28-7-6-26(19-29(28)39(47)51)40-11-1-2-23-16-27(17-23)46-22-30(36(44-46)25-4-5-25)33-20-41-31-8-3-24(18-32(31)42-33)21-45-12-14-52-15-13-45/h3,6-8,18-20,22-23,25,27,34,40H,1-2,4-5,9-17,21H2,(H,43,48,49). The molecule has 0 spiro atoms. The van der Waals surface area contributed by atoms with Crippen LogP contribution in [-0.4, -0.2) is 92.1 Å². The van der Waals surface area contributed by atoms with Crippen molar-refractivity contribution in [2.45, 2.75) is 75.9 Å². The van der Waals surface area contributed by atoms with E-state index < -0.39 is 23.8 Å². The lowest BCUT2D eigenvalue weighted by Crippen LogP contribution is -2.54. The number of rotatable bonds is 11. The van der Waals surface area contributed by atoms with Crippen molar-refractivity contribution in [1.82, 2.24) is 34.9 Å². The molecule has 0 radical (unpaired) electrons. The Hall–Kier alpha value is -5.01. The van der Waals surface area contributed by atoms with Gasteiger partial charge in [0.15, 0.2) is 0 Å². The van der Waals surface area contributed by atoms with Gasteiger partial charge in [0, 0.05) is 56.0 Å². The molecule has 9 rings (SSSR count). The van der Waals surface area contributed by atoms with Crippen LogP contribution in [0.5, 0.6) is 0 Å². The molecule has 13 heteroatoms. The highest BCUT2D eigenvalue weighted by atomic mass is 16.5. The average Bonchev–Trinajstić information content (AvgIpc) is 3.84. The number of fused-ring (bicyclic) bond motifs is 2. The van der Waals surface area contributed by atoms with Crippen LogP contribution in [0.2, 0.25) is 0 Å². The smallest absolute Gasteiger partial charge is 0.262 e. The first-order valence-corrected chi connectivity index (χ1v) is 18.6. The van der Waals surface area contributed by atoms with Crippen molar-refractivity contribution in [2.24, 2.45) is 5.92 Å². The summed E-state index contributed by atoms with van der Waals surface area (Å²) in [6.45, 7) is 5.10. The Bertz CT molecular complexity index is 2080. The van der Waals surface area contributed by atoms with Crippen LogP contribution in [0.25, 0.3) is 22.3 Å². The number of morpholine rings is 1. The zero-order chi connectivity index (χ0) is 35.3. The van der Waals surface area contributed by atoms with E-state index in [1.165, 1.54) is 18.4 Å². The van der Waals surface area contributed by atoms with Crippen molar-refractivity contribution < 1.29 is 23.9 Å². The lowest BCUT2D eigenvalue weighted by atomic mass is 9.77. The Labute approximate surface area is 301 Å². The van der Waals surface area contributed by atoms with Crippen molar-refractivity contribution in [1.29, 1.82) is 0 Å². The maximum absolute atomic E-state index is 13.2. The number of benzene rings is 2. The number of anilines is 1. The third kappa shape index (κ3) is 6.36. The predicted molar refractivity (Wildman–Crippen MR) is 191 cm³/mol. The highest BCUT2D eigenvalue weighted by Crippen LogP contribution is 2.46. The highest BCUT2D eigenvalue weighted by molar-refractivity contribution is 6.23. The molecule has 4 amide bonds. The van der Waals surface area contributed by atoms with Gasteiger partial charge in [0.25, 0.3) is 11.8 Å². The Morgan fingerprint density at radius 2 is 1.73 bits per heavy atom. The lowest BCUT2D eigenvalue weighted by Gasteiger charge is -2.35. The van der Waals surface area contributed by atoms with Crippen LogP contribution in [0.3, 0.4) is 0 Å². The summed E-state index contributed by atoms with van der Waals surface area (Å²) in [5, 5.41) is 10.8. The van der Waals surface area contributed by atoms with E-state index in [-0.39, 0.29) is 29.9 Å². The van der Waals surface area contributed by atoms with Crippen LogP contribution in [0.1, 0.15) is 95.3 Å². The molecule has 4 aromatic rings. The summed E-state index contributed by atoms with van der Waals surface area (Å²) in [7, 11) is 0. The molecule has 13 nitrogen and oxygen atoms in total. The van der Waals surface area contributed by atoms with Gasteiger partial charge >= 0.3 is 0 Å². The third-order valence-electron chi connectivity index (χ3n) is 11.3. The molecule has 5 heterocycles. The Kier molecular flexibility index (Phi) is 8.54. The van der Waals surface area contributed by atoms with Crippen molar-refractivity contribution in [3.63, 3.8) is 0 Å². The predicted octanol–water partition coefficient (Wildman–Crippen LogP) is 4.45. The van der Waals surface area contributed by atoms with Crippen LogP contribution in [0, 0.1) is 5.92 Å². The Morgan fingerprint density at radius 1 is 0.904 bits per heavy atom.